The second-order valence-electron chi connectivity index (χ2n) is 5.45. The Morgan fingerprint density at radius 2 is 1.65 bits per heavy atom. The van der Waals surface area contributed by atoms with Crippen LogP contribution in [-0.2, 0) is 9.47 Å². The Morgan fingerprint density at radius 3 is 2.15 bits per heavy atom. The molecule has 0 aliphatic heterocycles. The summed E-state index contributed by atoms with van der Waals surface area (Å²) in [5.74, 6) is 0.801. The molecule has 0 saturated heterocycles. The third-order valence-corrected chi connectivity index (χ3v) is 2.27. The lowest BCUT2D eigenvalue weighted by atomic mass is 10.1. The van der Waals surface area contributed by atoms with E-state index in [-0.39, 0.29) is 29.5 Å². The zero-order valence-corrected chi connectivity index (χ0v) is 16.0. The van der Waals surface area contributed by atoms with Gasteiger partial charge in [0.15, 0.2) is 5.96 Å². The number of halogens is 1. The van der Waals surface area contributed by atoms with Gasteiger partial charge in [-0.05, 0) is 27.2 Å². The van der Waals surface area contributed by atoms with Crippen molar-refractivity contribution in [2.45, 2.75) is 46.1 Å². The monoisotopic (exact) mass is 401 g/mol. The molecule has 0 amide bonds. The largest absolute Gasteiger partial charge is 0.379 e. The number of nitrogens with zero attached hydrogens (tertiary/aromatic N) is 1. The van der Waals surface area contributed by atoms with E-state index in [9.17, 15) is 0 Å². The van der Waals surface area contributed by atoms with Gasteiger partial charge in [-0.1, -0.05) is 13.3 Å². The summed E-state index contributed by atoms with van der Waals surface area (Å²) < 4.78 is 10.9. The van der Waals surface area contributed by atoms with Crippen molar-refractivity contribution in [2.24, 2.45) is 4.99 Å². The SMILES string of the molecule is CCCCOCCOCCNC(=NC)NC(C)(C)C.I. The van der Waals surface area contributed by atoms with Gasteiger partial charge in [-0.15, -0.1) is 24.0 Å². The van der Waals surface area contributed by atoms with Crippen LogP contribution in [-0.4, -0.2) is 51.5 Å². The van der Waals surface area contributed by atoms with Crippen molar-refractivity contribution in [1.82, 2.24) is 10.6 Å². The van der Waals surface area contributed by atoms with Crippen LogP contribution in [0.5, 0.6) is 0 Å². The van der Waals surface area contributed by atoms with Gasteiger partial charge in [0.2, 0.25) is 0 Å². The molecule has 0 aliphatic carbocycles. The third kappa shape index (κ3) is 16.0. The van der Waals surface area contributed by atoms with Gasteiger partial charge in [0.1, 0.15) is 0 Å². The van der Waals surface area contributed by atoms with Gasteiger partial charge < -0.3 is 20.1 Å². The summed E-state index contributed by atoms with van der Waals surface area (Å²) in [7, 11) is 1.77. The normalized spacial score (nSPS) is 11.9. The third-order valence-electron chi connectivity index (χ3n) is 2.27. The van der Waals surface area contributed by atoms with Gasteiger partial charge in [0.05, 0.1) is 19.8 Å². The molecule has 0 fully saturated rings. The van der Waals surface area contributed by atoms with Crippen molar-refractivity contribution in [3.63, 3.8) is 0 Å². The van der Waals surface area contributed by atoms with Gasteiger partial charge in [0.25, 0.3) is 0 Å². The Hall–Kier alpha value is -0.0800. The van der Waals surface area contributed by atoms with Crippen LogP contribution in [0.3, 0.4) is 0 Å². The van der Waals surface area contributed by atoms with E-state index in [0.717, 1.165) is 25.5 Å². The van der Waals surface area contributed by atoms with Gasteiger partial charge >= 0.3 is 0 Å². The van der Waals surface area contributed by atoms with Crippen LogP contribution in [0, 0.1) is 0 Å². The van der Waals surface area contributed by atoms with Crippen LogP contribution in [0.2, 0.25) is 0 Å². The molecule has 0 atom stereocenters. The highest BCUT2D eigenvalue weighted by Crippen LogP contribution is 1.97. The predicted octanol–water partition coefficient (Wildman–Crippen LogP) is 2.40. The van der Waals surface area contributed by atoms with Crippen LogP contribution < -0.4 is 10.6 Å². The Morgan fingerprint density at radius 1 is 1.05 bits per heavy atom. The van der Waals surface area contributed by atoms with Crippen LogP contribution in [0.4, 0.5) is 0 Å². The van der Waals surface area contributed by atoms with Crippen molar-refractivity contribution in [1.29, 1.82) is 0 Å². The average molecular weight is 401 g/mol. The number of unbranched alkanes of at least 4 members (excludes halogenated alkanes) is 1. The average Bonchev–Trinajstić information content (AvgIpc) is 2.34. The number of ether oxygens (including phenoxy) is 2. The number of guanidine groups is 1. The van der Waals surface area contributed by atoms with E-state index in [4.69, 9.17) is 9.47 Å². The fourth-order valence-corrected chi connectivity index (χ4v) is 1.34. The van der Waals surface area contributed by atoms with Crippen LogP contribution >= 0.6 is 24.0 Å². The molecule has 0 heterocycles. The summed E-state index contributed by atoms with van der Waals surface area (Å²) in [6.45, 7) is 12.0. The maximum atomic E-state index is 5.47. The molecule has 0 aliphatic rings. The molecule has 5 nitrogen and oxygen atoms in total. The fourth-order valence-electron chi connectivity index (χ4n) is 1.34. The fraction of sp³-hybridized carbons (Fsp3) is 0.929. The van der Waals surface area contributed by atoms with Crippen molar-refractivity contribution < 1.29 is 9.47 Å². The van der Waals surface area contributed by atoms with Crippen LogP contribution in [0.1, 0.15) is 40.5 Å². The van der Waals surface area contributed by atoms with Gasteiger partial charge in [-0.25, -0.2) is 0 Å². The highest BCUT2D eigenvalue weighted by molar-refractivity contribution is 14.0. The molecule has 0 saturated carbocycles. The Balaban J connectivity index is 0. The quantitative estimate of drug-likeness (QED) is 0.270. The highest BCUT2D eigenvalue weighted by atomic mass is 127. The first-order valence-corrected chi connectivity index (χ1v) is 7.14. The maximum absolute atomic E-state index is 5.47. The summed E-state index contributed by atoms with van der Waals surface area (Å²) in [6.07, 6.45) is 2.29. The summed E-state index contributed by atoms with van der Waals surface area (Å²) in [4.78, 5) is 4.16. The molecule has 0 spiro atoms. The molecule has 122 valence electrons. The molecule has 0 unspecified atom stereocenters. The minimum atomic E-state index is 0. The van der Waals surface area contributed by atoms with E-state index in [1.165, 1.54) is 6.42 Å². The van der Waals surface area contributed by atoms with Gasteiger partial charge in [-0.3, -0.25) is 4.99 Å². The van der Waals surface area contributed by atoms with Crippen molar-refractivity contribution in [3.05, 3.63) is 0 Å². The molecule has 0 aromatic rings. The van der Waals surface area contributed by atoms with E-state index in [1.807, 2.05) is 0 Å². The molecule has 0 aromatic carbocycles. The molecule has 0 radical (unpaired) electrons. The van der Waals surface area contributed by atoms with Crippen molar-refractivity contribution >= 4 is 29.9 Å². The van der Waals surface area contributed by atoms with Gasteiger partial charge in [0, 0.05) is 25.7 Å². The van der Waals surface area contributed by atoms with Crippen molar-refractivity contribution in [2.75, 3.05) is 40.0 Å². The molecular formula is C14H32IN3O2. The second kappa shape index (κ2) is 13.9. The maximum Gasteiger partial charge on any atom is 0.191 e. The summed E-state index contributed by atoms with van der Waals surface area (Å²) in [5, 5.41) is 6.50. The first-order valence-electron chi connectivity index (χ1n) is 7.14. The standard InChI is InChI=1S/C14H31N3O2.HI/c1-6-7-9-18-11-12-19-10-8-16-13(15-5)17-14(2,3)4;/h6-12H2,1-5H3,(H2,15,16,17);1H. The van der Waals surface area contributed by atoms with Gasteiger partial charge in [-0.2, -0.15) is 0 Å². The topological polar surface area (TPSA) is 54.9 Å². The van der Waals surface area contributed by atoms with E-state index >= 15 is 0 Å². The number of aliphatic imine (C=N–C) groups is 1. The predicted molar refractivity (Wildman–Crippen MR) is 96.2 cm³/mol. The Labute approximate surface area is 141 Å². The molecule has 6 heteroatoms. The Kier molecular flexibility index (Phi) is 15.4. The molecule has 2 N–H and O–H groups in total. The lowest BCUT2D eigenvalue weighted by Gasteiger charge is -2.23. The van der Waals surface area contributed by atoms with E-state index in [1.54, 1.807) is 7.05 Å². The van der Waals surface area contributed by atoms with Crippen molar-refractivity contribution in [3.8, 4) is 0 Å². The first-order chi connectivity index (χ1) is 8.99. The molecule has 0 bridgehead atoms. The lowest BCUT2D eigenvalue weighted by molar-refractivity contribution is 0.0487. The zero-order chi connectivity index (χ0) is 14.6. The van der Waals surface area contributed by atoms with E-state index in [2.05, 4.69) is 43.3 Å². The number of nitrogens with one attached hydrogen (secondary N) is 2. The zero-order valence-electron chi connectivity index (χ0n) is 13.6. The summed E-state index contributed by atoms with van der Waals surface area (Å²) in [6, 6.07) is 0. The lowest BCUT2D eigenvalue weighted by Crippen LogP contribution is -2.48. The Bertz CT molecular complexity index is 243. The molecule has 20 heavy (non-hydrogen) atoms. The minimum Gasteiger partial charge on any atom is -0.379 e. The molecule has 0 aromatic heterocycles. The number of rotatable bonds is 9. The van der Waals surface area contributed by atoms with Crippen LogP contribution in [0.25, 0.3) is 0 Å². The molecule has 0 rings (SSSR count). The van der Waals surface area contributed by atoms with E-state index in [0.29, 0.717) is 19.8 Å². The van der Waals surface area contributed by atoms with E-state index < -0.39 is 0 Å². The second-order valence-corrected chi connectivity index (χ2v) is 5.45. The summed E-state index contributed by atoms with van der Waals surface area (Å²) >= 11 is 0. The molecular weight excluding hydrogens is 369 g/mol. The minimum absolute atomic E-state index is 0. The number of hydrogen-bond donors (Lipinski definition) is 2. The summed E-state index contributed by atoms with van der Waals surface area (Å²) in [5.41, 5.74) is 0.00974. The van der Waals surface area contributed by atoms with Crippen LogP contribution in [0.15, 0.2) is 4.99 Å². The smallest absolute Gasteiger partial charge is 0.191 e. The first kappa shape index (κ1) is 22.2. The number of hydrogen-bond acceptors (Lipinski definition) is 3. The highest BCUT2D eigenvalue weighted by Gasteiger charge is 2.10.